The van der Waals surface area contributed by atoms with Gasteiger partial charge >= 0.3 is 0 Å². The first-order chi connectivity index (χ1) is 4.79. The molecule has 0 aromatic rings. The summed E-state index contributed by atoms with van der Waals surface area (Å²) < 4.78 is 4.70. The summed E-state index contributed by atoms with van der Waals surface area (Å²) >= 11 is 0. The number of rotatable bonds is 3. The van der Waals surface area contributed by atoms with Gasteiger partial charge in [0.1, 0.15) is 6.10 Å². The van der Waals surface area contributed by atoms with Gasteiger partial charge in [-0.2, -0.15) is 0 Å². The summed E-state index contributed by atoms with van der Waals surface area (Å²) in [6.45, 7) is 2.39. The molecule has 1 rings (SSSR count). The molecule has 0 aromatic heterocycles. The summed E-state index contributed by atoms with van der Waals surface area (Å²) in [4.78, 5) is 20.8. The van der Waals surface area contributed by atoms with Crippen LogP contribution in [0.25, 0.3) is 0 Å². The van der Waals surface area contributed by atoms with Crippen molar-refractivity contribution < 1.29 is 14.3 Å². The number of nitrogens with one attached hydrogen (secondary N) is 1. The van der Waals surface area contributed by atoms with Crippen LogP contribution in [0.5, 0.6) is 0 Å². The summed E-state index contributed by atoms with van der Waals surface area (Å²) in [5, 5.41) is 2.55. The van der Waals surface area contributed by atoms with Crippen molar-refractivity contribution in [3.8, 4) is 0 Å². The molecule has 0 spiro atoms. The highest BCUT2D eigenvalue weighted by molar-refractivity contribution is 5.88. The summed E-state index contributed by atoms with van der Waals surface area (Å²) in [5.74, 6) is -0.195. The van der Waals surface area contributed by atoms with Gasteiger partial charge in [0.15, 0.2) is 12.4 Å². The highest BCUT2D eigenvalue weighted by Gasteiger charge is 2.44. The van der Waals surface area contributed by atoms with E-state index in [-0.39, 0.29) is 5.91 Å². The fourth-order valence-corrected chi connectivity index (χ4v) is 0.713. The van der Waals surface area contributed by atoms with Gasteiger partial charge in [0.25, 0.3) is 5.91 Å². The molecular weight excluding hydrogens is 134 g/mol. The van der Waals surface area contributed by atoms with Gasteiger partial charge in [0.05, 0.1) is 0 Å². The average molecular weight is 143 g/mol. The van der Waals surface area contributed by atoms with Crippen molar-refractivity contribution in [3.63, 3.8) is 0 Å². The van der Waals surface area contributed by atoms with E-state index < -0.39 is 12.2 Å². The zero-order valence-corrected chi connectivity index (χ0v) is 5.66. The molecule has 0 radical (unpaired) electrons. The molecule has 1 N–H and O–H groups in total. The molecule has 1 aliphatic heterocycles. The van der Waals surface area contributed by atoms with Crippen LogP contribution < -0.4 is 5.32 Å². The van der Waals surface area contributed by atoms with Gasteiger partial charge in [0.2, 0.25) is 0 Å². The summed E-state index contributed by atoms with van der Waals surface area (Å²) in [6.07, 6.45) is -0.371. The van der Waals surface area contributed by atoms with Gasteiger partial charge in [-0.1, -0.05) is 0 Å². The molecule has 0 aromatic carbocycles. The first kappa shape index (κ1) is 7.21. The molecule has 1 heterocycles. The van der Waals surface area contributed by atoms with E-state index in [9.17, 15) is 9.59 Å². The fourth-order valence-electron chi connectivity index (χ4n) is 0.713. The van der Waals surface area contributed by atoms with Crippen LogP contribution in [0.3, 0.4) is 0 Å². The van der Waals surface area contributed by atoms with Gasteiger partial charge in [-0.25, -0.2) is 0 Å². The molecule has 0 saturated carbocycles. The number of carbonyl (C=O) groups excluding carboxylic acids is 2. The molecule has 10 heavy (non-hydrogen) atoms. The quantitative estimate of drug-likeness (QED) is 0.411. The molecule has 4 nitrogen and oxygen atoms in total. The molecule has 4 heteroatoms. The third-order valence-corrected chi connectivity index (χ3v) is 1.27. The zero-order valence-electron chi connectivity index (χ0n) is 5.66. The Bertz CT molecular complexity index is 157. The van der Waals surface area contributed by atoms with Crippen molar-refractivity contribution >= 4 is 12.2 Å². The number of likely N-dealkylation sites (N-methyl/N-ethyl adjacent to an activating group) is 1. The molecule has 0 aliphatic carbocycles. The summed E-state index contributed by atoms with van der Waals surface area (Å²) in [7, 11) is 0. The maximum Gasteiger partial charge on any atom is 0.252 e. The minimum Gasteiger partial charge on any atom is -0.354 e. The van der Waals surface area contributed by atoms with E-state index >= 15 is 0 Å². The lowest BCUT2D eigenvalue weighted by molar-refractivity contribution is -0.122. The van der Waals surface area contributed by atoms with Crippen molar-refractivity contribution in [2.45, 2.75) is 19.1 Å². The van der Waals surface area contributed by atoms with E-state index in [1.165, 1.54) is 0 Å². The van der Waals surface area contributed by atoms with Crippen LogP contribution in [0.15, 0.2) is 0 Å². The van der Waals surface area contributed by atoms with Crippen LogP contribution in [-0.2, 0) is 14.3 Å². The minimum atomic E-state index is -0.516. The third-order valence-electron chi connectivity index (χ3n) is 1.27. The van der Waals surface area contributed by atoms with Crippen molar-refractivity contribution in [1.82, 2.24) is 5.32 Å². The van der Waals surface area contributed by atoms with Gasteiger partial charge in [-0.05, 0) is 6.92 Å². The summed E-state index contributed by atoms with van der Waals surface area (Å²) in [6, 6.07) is 0. The van der Waals surface area contributed by atoms with E-state index in [0.29, 0.717) is 12.8 Å². The highest BCUT2D eigenvalue weighted by atomic mass is 16.6. The summed E-state index contributed by atoms with van der Waals surface area (Å²) in [5.41, 5.74) is 0. The first-order valence-electron chi connectivity index (χ1n) is 3.18. The second kappa shape index (κ2) is 2.79. The monoisotopic (exact) mass is 143 g/mol. The number of ether oxygens (including phenoxy) is 1. The standard InChI is InChI=1S/C6H9NO3/c1-2-7-6(9)5-4(3-8)10-5/h3-5H,2H2,1H3,(H,7,9)/t4?,5-/m0/s1. The second-order valence-electron chi connectivity index (χ2n) is 2.05. The van der Waals surface area contributed by atoms with E-state index in [0.717, 1.165) is 0 Å². The Labute approximate surface area is 58.5 Å². The van der Waals surface area contributed by atoms with Crippen molar-refractivity contribution in [3.05, 3.63) is 0 Å². The Morgan fingerprint density at radius 3 is 2.90 bits per heavy atom. The average Bonchev–Trinajstić information content (AvgIpc) is 2.66. The Hall–Kier alpha value is -0.900. The SMILES string of the molecule is CCNC(=O)[C@H]1OC1C=O. The number of aldehydes is 1. The van der Waals surface area contributed by atoms with Gasteiger partial charge in [0, 0.05) is 6.54 Å². The molecular formula is C6H9NO3. The van der Waals surface area contributed by atoms with Gasteiger partial charge < -0.3 is 14.8 Å². The van der Waals surface area contributed by atoms with Crippen molar-refractivity contribution in [2.75, 3.05) is 6.54 Å². The van der Waals surface area contributed by atoms with E-state index in [1.807, 2.05) is 6.92 Å². The van der Waals surface area contributed by atoms with E-state index in [4.69, 9.17) is 4.74 Å². The highest BCUT2D eigenvalue weighted by Crippen LogP contribution is 2.18. The maximum absolute atomic E-state index is 10.8. The smallest absolute Gasteiger partial charge is 0.252 e. The Balaban J connectivity index is 2.25. The number of amides is 1. The largest absolute Gasteiger partial charge is 0.354 e. The Kier molecular flexibility index (Phi) is 2.01. The fraction of sp³-hybridized carbons (Fsp3) is 0.667. The topological polar surface area (TPSA) is 58.7 Å². The van der Waals surface area contributed by atoms with E-state index in [2.05, 4.69) is 5.32 Å². The lowest BCUT2D eigenvalue weighted by Crippen LogP contribution is -2.28. The predicted octanol–water partition coefficient (Wildman–Crippen LogP) is -0.911. The van der Waals surface area contributed by atoms with Crippen LogP contribution in [-0.4, -0.2) is 30.9 Å². The zero-order chi connectivity index (χ0) is 7.56. The molecule has 56 valence electrons. The normalized spacial score (nSPS) is 29.3. The number of hydrogen-bond donors (Lipinski definition) is 1. The lowest BCUT2D eigenvalue weighted by atomic mass is 10.3. The third kappa shape index (κ3) is 1.33. The van der Waals surface area contributed by atoms with Crippen molar-refractivity contribution in [1.29, 1.82) is 0 Å². The van der Waals surface area contributed by atoms with Crippen molar-refractivity contribution in [2.24, 2.45) is 0 Å². The number of carbonyl (C=O) groups is 2. The molecule has 1 aliphatic rings. The Morgan fingerprint density at radius 1 is 1.80 bits per heavy atom. The number of hydrogen-bond acceptors (Lipinski definition) is 3. The molecule has 0 bridgehead atoms. The minimum absolute atomic E-state index is 0.195. The molecule has 2 atom stereocenters. The van der Waals surface area contributed by atoms with Crippen LogP contribution in [0.1, 0.15) is 6.92 Å². The Morgan fingerprint density at radius 2 is 2.50 bits per heavy atom. The second-order valence-corrected chi connectivity index (χ2v) is 2.05. The van der Waals surface area contributed by atoms with Gasteiger partial charge in [-0.3, -0.25) is 4.79 Å². The van der Waals surface area contributed by atoms with E-state index in [1.54, 1.807) is 0 Å². The predicted molar refractivity (Wildman–Crippen MR) is 33.4 cm³/mol. The number of epoxide rings is 1. The van der Waals surface area contributed by atoms with Crippen LogP contribution >= 0.6 is 0 Å². The lowest BCUT2D eigenvalue weighted by Gasteiger charge is -1.94. The van der Waals surface area contributed by atoms with Crippen LogP contribution in [0, 0.1) is 0 Å². The first-order valence-corrected chi connectivity index (χ1v) is 3.18. The van der Waals surface area contributed by atoms with Crippen LogP contribution in [0.2, 0.25) is 0 Å². The molecule has 1 fully saturated rings. The maximum atomic E-state index is 10.8. The molecule has 1 amide bonds. The molecule has 1 saturated heterocycles. The van der Waals surface area contributed by atoms with Gasteiger partial charge in [-0.15, -0.1) is 0 Å². The molecule has 1 unspecified atom stereocenters. The van der Waals surface area contributed by atoms with Crippen LogP contribution in [0.4, 0.5) is 0 Å².